The first-order chi connectivity index (χ1) is 22.2. The Morgan fingerprint density at radius 2 is 1.37 bits per heavy atom. The molecule has 1 aliphatic rings. The Labute approximate surface area is 281 Å². The Morgan fingerprint density at radius 3 is 2.02 bits per heavy atom. The average Bonchev–Trinajstić information content (AvgIpc) is 3.06. The van der Waals surface area contributed by atoms with Crippen molar-refractivity contribution >= 4 is 50.7 Å². The summed E-state index contributed by atoms with van der Waals surface area (Å²) in [5.74, 6) is -0.814. The number of anilines is 1. The van der Waals surface area contributed by atoms with Crippen LogP contribution in [0.25, 0.3) is 0 Å². The number of carbonyl (C=O) groups excluding carboxylic acids is 2. The van der Waals surface area contributed by atoms with Gasteiger partial charge in [0, 0.05) is 29.1 Å². The number of hydrogen-bond donors (Lipinski definition) is 1. The van der Waals surface area contributed by atoms with E-state index in [-0.39, 0.29) is 35.5 Å². The molecule has 1 aliphatic carbocycles. The zero-order valence-electron chi connectivity index (χ0n) is 25.4. The number of amides is 2. The van der Waals surface area contributed by atoms with Crippen molar-refractivity contribution < 1.29 is 18.0 Å². The highest BCUT2D eigenvalue weighted by Crippen LogP contribution is 2.27. The van der Waals surface area contributed by atoms with Gasteiger partial charge < -0.3 is 10.2 Å². The zero-order valence-corrected chi connectivity index (χ0v) is 27.7. The van der Waals surface area contributed by atoms with Crippen LogP contribution in [0.5, 0.6) is 0 Å². The summed E-state index contributed by atoms with van der Waals surface area (Å²) in [6.07, 6.45) is 5.20. The van der Waals surface area contributed by atoms with Crippen LogP contribution in [0, 0.1) is 0 Å². The third-order valence-electron chi connectivity index (χ3n) is 8.17. The largest absolute Gasteiger partial charge is 0.352 e. The summed E-state index contributed by atoms with van der Waals surface area (Å²) < 4.78 is 29.2. The van der Waals surface area contributed by atoms with Gasteiger partial charge in [0.2, 0.25) is 11.8 Å². The Bertz CT molecular complexity index is 1730. The second-order valence-electron chi connectivity index (χ2n) is 11.5. The molecule has 0 saturated heterocycles. The molecule has 4 aromatic rings. The summed E-state index contributed by atoms with van der Waals surface area (Å²) in [6.45, 7) is -0.510. The number of rotatable bonds is 12. The number of nitrogens with one attached hydrogen (secondary N) is 1. The lowest BCUT2D eigenvalue weighted by Gasteiger charge is -2.35. The van der Waals surface area contributed by atoms with Crippen molar-refractivity contribution in [1.82, 2.24) is 10.2 Å². The first-order valence-corrected chi connectivity index (χ1v) is 17.6. The smallest absolute Gasteiger partial charge is 0.264 e. The van der Waals surface area contributed by atoms with Crippen molar-refractivity contribution in [1.29, 1.82) is 0 Å². The van der Waals surface area contributed by atoms with Gasteiger partial charge in [0.05, 0.1) is 10.6 Å². The zero-order chi connectivity index (χ0) is 32.5. The van der Waals surface area contributed by atoms with Gasteiger partial charge >= 0.3 is 0 Å². The molecule has 0 heterocycles. The van der Waals surface area contributed by atoms with Crippen LogP contribution in [0.3, 0.4) is 0 Å². The van der Waals surface area contributed by atoms with E-state index in [2.05, 4.69) is 5.32 Å². The highest BCUT2D eigenvalue weighted by atomic mass is 35.5. The lowest BCUT2D eigenvalue weighted by Crippen LogP contribution is -2.55. The number of sulfonamides is 1. The Balaban J connectivity index is 1.56. The second-order valence-corrected chi connectivity index (χ2v) is 14.2. The molecule has 7 nitrogen and oxygen atoms in total. The molecule has 1 unspecified atom stereocenters. The molecule has 0 radical (unpaired) electrons. The fraction of sp³-hybridized carbons (Fsp3) is 0.278. The van der Waals surface area contributed by atoms with E-state index in [9.17, 15) is 18.0 Å². The van der Waals surface area contributed by atoms with Gasteiger partial charge in [0.15, 0.2) is 0 Å². The number of halogens is 2. The summed E-state index contributed by atoms with van der Waals surface area (Å²) in [7, 11) is -4.20. The second kappa shape index (κ2) is 15.6. The van der Waals surface area contributed by atoms with Crippen LogP contribution in [0.2, 0.25) is 10.0 Å². The third-order valence-corrected chi connectivity index (χ3v) is 10.4. The Morgan fingerprint density at radius 1 is 0.761 bits per heavy atom. The van der Waals surface area contributed by atoms with Gasteiger partial charge in [-0.15, -0.1) is 0 Å². The van der Waals surface area contributed by atoms with Crippen molar-refractivity contribution in [3.63, 3.8) is 0 Å². The van der Waals surface area contributed by atoms with E-state index >= 15 is 0 Å². The van der Waals surface area contributed by atoms with E-state index in [1.165, 1.54) is 23.1 Å². The third kappa shape index (κ3) is 8.69. The molecular weight excluding hydrogens is 641 g/mol. The van der Waals surface area contributed by atoms with Gasteiger partial charge in [-0.05, 0) is 66.4 Å². The fourth-order valence-electron chi connectivity index (χ4n) is 5.81. The SMILES string of the molecule is O=C(NC1CCCCC1)C(Cc1ccccc1)N(Cc1cccc(Cl)c1)C(=O)CN(c1cccc(Cl)c1)S(=O)(=O)c1ccccc1. The van der Waals surface area contributed by atoms with E-state index in [4.69, 9.17) is 23.2 Å². The average molecular weight is 679 g/mol. The standard InChI is InChI=1S/C36H37Cl2N3O4S/c37-29-15-10-14-28(22-29)25-40(34(23-27-12-4-1-5-13-27)36(43)39-31-17-6-2-7-18-31)35(42)26-41(32-19-11-16-30(38)24-32)46(44,45)33-20-8-3-9-21-33/h1,3-5,8-16,19-22,24,31,34H,2,6-7,17-18,23,25-26H2,(H,39,43). The topological polar surface area (TPSA) is 86.8 Å². The molecule has 1 N–H and O–H groups in total. The van der Waals surface area contributed by atoms with Crippen LogP contribution in [0.4, 0.5) is 5.69 Å². The van der Waals surface area contributed by atoms with Crippen molar-refractivity contribution in [2.24, 2.45) is 0 Å². The highest BCUT2D eigenvalue weighted by Gasteiger charge is 2.35. The summed E-state index contributed by atoms with van der Waals surface area (Å²) in [5, 5.41) is 4.02. The van der Waals surface area contributed by atoms with Crippen molar-refractivity contribution in [2.45, 2.75) is 62.0 Å². The lowest BCUT2D eigenvalue weighted by molar-refractivity contribution is -0.140. The Kier molecular flexibility index (Phi) is 11.4. The molecule has 1 fully saturated rings. The van der Waals surface area contributed by atoms with E-state index < -0.39 is 28.5 Å². The van der Waals surface area contributed by atoms with Crippen LogP contribution < -0.4 is 9.62 Å². The Hall–Kier alpha value is -3.85. The molecule has 2 amide bonds. The minimum atomic E-state index is -4.20. The number of hydrogen-bond acceptors (Lipinski definition) is 4. The molecular formula is C36H37Cl2N3O4S. The molecule has 1 atom stereocenters. The van der Waals surface area contributed by atoms with Gasteiger partial charge in [-0.25, -0.2) is 8.42 Å². The number of carbonyl (C=O) groups is 2. The minimum Gasteiger partial charge on any atom is -0.352 e. The fourth-order valence-corrected chi connectivity index (χ4v) is 7.63. The van der Waals surface area contributed by atoms with Gasteiger partial charge in [-0.2, -0.15) is 0 Å². The monoisotopic (exact) mass is 677 g/mol. The van der Waals surface area contributed by atoms with Crippen LogP contribution in [0.1, 0.15) is 43.2 Å². The summed E-state index contributed by atoms with van der Waals surface area (Å²) >= 11 is 12.6. The van der Waals surface area contributed by atoms with Gasteiger partial charge in [-0.3, -0.25) is 13.9 Å². The molecule has 0 spiro atoms. The molecule has 10 heteroatoms. The molecule has 4 aromatic carbocycles. The van der Waals surface area contributed by atoms with Crippen molar-refractivity contribution in [2.75, 3.05) is 10.8 Å². The van der Waals surface area contributed by atoms with Crippen LogP contribution >= 0.6 is 23.2 Å². The maximum absolute atomic E-state index is 14.6. The molecule has 1 saturated carbocycles. The van der Waals surface area contributed by atoms with Gasteiger partial charge in [-0.1, -0.05) is 109 Å². The van der Waals surface area contributed by atoms with Gasteiger partial charge in [0.25, 0.3) is 10.0 Å². The molecule has 0 bridgehead atoms. The van der Waals surface area contributed by atoms with E-state index in [0.717, 1.165) is 42.0 Å². The van der Waals surface area contributed by atoms with Gasteiger partial charge in [0.1, 0.15) is 12.6 Å². The quantitative estimate of drug-likeness (QED) is 0.171. The summed E-state index contributed by atoms with van der Waals surface area (Å²) in [5.41, 5.74) is 1.82. The van der Waals surface area contributed by atoms with Crippen LogP contribution in [0.15, 0.2) is 114 Å². The lowest BCUT2D eigenvalue weighted by atomic mass is 9.94. The van der Waals surface area contributed by atoms with Crippen molar-refractivity contribution in [3.8, 4) is 0 Å². The minimum absolute atomic E-state index is 0.0177. The predicted octanol–water partition coefficient (Wildman–Crippen LogP) is 7.28. The number of benzene rings is 4. The normalized spacial score (nSPS) is 14.3. The molecule has 5 rings (SSSR count). The van der Waals surface area contributed by atoms with E-state index in [1.54, 1.807) is 54.6 Å². The molecule has 240 valence electrons. The maximum Gasteiger partial charge on any atom is 0.264 e. The first-order valence-electron chi connectivity index (χ1n) is 15.4. The highest BCUT2D eigenvalue weighted by molar-refractivity contribution is 7.92. The van der Waals surface area contributed by atoms with E-state index in [0.29, 0.717) is 15.6 Å². The molecule has 0 aromatic heterocycles. The van der Waals surface area contributed by atoms with Crippen molar-refractivity contribution in [3.05, 3.63) is 130 Å². The first kappa shape index (κ1) is 33.5. The molecule has 0 aliphatic heterocycles. The number of nitrogens with zero attached hydrogens (tertiary/aromatic N) is 2. The van der Waals surface area contributed by atoms with Crippen LogP contribution in [-0.2, 0) is 32.6 Å². The molecule has 46 heavy (non-hydrogen) atoms. The van der Waals surface area contributed by atoms with E-state index in [1.807, 2.05) is 36.4 Å². The summed E-state index contributed by atoms with van der Waals surface area (Å²) in [6, 6.07) is 30.0. The maximum atomic E-state index is 14.6. The van der Waals surface area contributed by atoms with Crippen LogP contribution in [-0.4, -0.2) is 43.8 Å². The predicted molar refractivity (Wildman–Crippen MR) is 183 cm³/mol. The summed E-state index contributed by atoms with van der Waals surface area (Å²) in [4.78, 5) is 30.2.